The van der Waals surface area contributed by atoms with Crippen molar-refractivity contribution in [3.05, 3.63) is 27.5 Å². The molecule has 0 spiro atoms. The summed E-state index contributed by atoms with van der Waals surface area (Å²) in [5.74, 6) is -0.600. The lowest BCUT2D eigenvalue weighted by Crippen LogP contribution is -2.15. The quantitative estimate of drug-likeness (QED) is 0.783. The van der Waals surface area contributed by atoms with E-state index in [9.17, 15) is 9.59 Å². The number of ether oxygens (including phenoxy) is 1. The molecular formula is C18H24N4O3S. The third kappa shape index (κ3) is 3.65. The van der Waals surface area contributed by atoms with Crippen molar-refractivity contribution < 1.29 is 14.3 Å². The largest absolute Gasteiger partial charge is 0.465 e. The fraction of sp³-hybridized carbons (Fsp3) is 0.556. The first-order chi connectivity index (χ1) is 12.4. The van der Waals surface area contributed by atoms with Gasteiger partial charge in [0.15, 0.2) is 5.13 Å². The van der Waals surface area contributed by atoms with Gasteiger partial charge < -0.3 is 10.1 Å². The van der Waals surface area contributed by atoms with Crippen molar-refractivity contribution in [3.8, 4) is 0 Å². The number of nitrogens with one attached hydrogen (secondary N) is 1. The lowest BCUT2D eigenvalue weighted by atomic mass is 10.1. The minimum absolute atomic E-state index is 0.0761. The third-order valence-corrected chi connectivity index (χ3v) is 5.84. The van der Waals surface area contributed by atoms with Crippen molar-refractivity contribution in [1.29, 1.82) is 0 Å². The van der Waals surface area contributed by atoms with Crippen LogP contribution in [0.4, 0.5) is 5.13 Å². The zero-order valence-corrected chi connectivity index (χ0v) is 16.4. The van der Waals surface area contributed by atoms with E-state index in [4.69, 9.17) is 4.74 Å². The van der Waals surface area contributed by atoms with E-state index in [0.29, 0.717) is 24.6 Å². The molecule has 1 N–H and O–H groups in total. The molecule has 0 aliphatic heterocycles. The molecule has 140 valence electrons. The highest BCUT2D eigenvalue weighted by Gasteiger charge is 2.33. The molecule has 0 saturated carbocycles. The van der Waals surface area contributed by atoms with Gasteiger partial charge in [0.25, 0.3) is 0 Å². The Morgan fingerprint density at radius 2 is 2.15 bits per heavy atom. The molecule has 2 aromatic rings. The molecule has 1 aliphatic rings. The lowest BCUT2D eigenvalue weighted by Gasteiger charge is -2.08. The van der Waals surface area contributed by atoms with Crippen LogP contribution in [0.15, 0.2) is 0 Å². The number of hydrogen-bond donors (Lipinski definition) is 1. The number of fused-ring (bicyclic) bond motifs is 1. The van der Waals surface area contributed by atoms with Crippen molar-refractivity contribution in [2.75, 3.05) is 11.9 Å². The number of amides is 1. The van der Waals surface area contributed by atoms with Crippen LogP contribution in [0.25, 0.3) is 0 Å². The summed E-state index contributed by atoms with van der Waals surface area (Å²) >= 11 is 1.45. The van der Waals surface area contributed by atoms with Crippen LogP contribution in [0.3, 0.4) is 0 Å². The molecular weight excluding hydrogens is 352 g/mol. The van der Waals surface area contributed by atoms with Crippen molar-refractivity contribution in [3.63, 3.8) is 0 Å². The first-order valence-electron chi connectivity index (χ1n) is 8.85. The lowest BCUT2D eigenvalue weighted by molar-refractivity contribution is -0.145. The number of aromatic nitrogens is 3. The standard InChI is InChI=1S/C18H24N4O3S/c1-5-25-17(24)13-6-8-14-16(13)20-18(26-14)19-15(23)9-7-12-10(2)21-22(4)11(12)3/h13H,5-9H2,1-4H3,(H,19,20,23). The Hall–Kier alpha value is -2.22. The van der Waals surface area contributed by atoms with Gasteiger partial charge in [-0.2, -0.15) is 5.10 Å². The van der Waals surface area contributed by atoms with Gasteiger partial charge in [-0.25, -0.2) is 4.98 Å². The maximum Gasteiger partial charge on any atom is 0.315 e. The predicted octanol–water partition coefficient (Wildman–Crippen LogP) is 2.66. The average molecular weight is 376 g/mol. The molecule has 26 heavy (non-hydrogen) atoms. The fourth-order valence-electron chi connectivity index (χ4n) is 3.35. The minimum atomic E-state index is -0.299. The molecule has 0 aromatic carbocycles. The van der Waals surface area contributed by atoms with Gasteiger partial charge >= 0.3 is 5.97 Å². The van der Waals surface area contributed by atoms with Gasteiger partial charge in [-0.1, -0.05) is 0 Å². The number of carbonyl (C=O) groups excluding carboxylic acids is 2. The normalized spacial score (nSPS) is 15.8. The molecule has 0 saturated heterocycles. The van der Waals surface area contributed by atoms with Crippen LogP contribution in [0.5, 0.6) is 0 Å². The topological polar surface area (TPSA) is 86.1 Å². The van der Waals surface area contributed by atoms with Crippen molar-refractivity contribution in [2.24, 2.45) is 7.05 Å². The van der Waals surface area contributed by atoms with Crippen LogP contribution in [-0.4, -0.2) is 33.2 Å². The van der Waals surface area contributed by atoms with Crippen molar-refractivity contribution in [1.82, 2.24) is 14.8 Å². The Bertz CT molecular complexity index is 840. The van der Waals surface area contributed by atoms with E-state index in [1.807, 2.05) is 25.6 Å². The van der Waals surface area contributed by atoms with E-state index >= 15 is 0 Å². The van der Waals surface area contributed by atoms with Gasteiger partial charge in [-0.3, -0.25) is 14.3 Å². The molecule has 8 heteroatoms. The highest BCUT2D eigenvalue weighted by atomic mass is 32.1. The maximum atomic E-state index is 12.3. The Balaban J connectivity index is 1.61. The molecule has 1 unspecified atom stereocenters. The minimum Gasteiger partial charge on any atom is -0.465 e. The summed E-state index contributed by atoms with van der Waals surface area (Å²) in [5.41, 5.74) is 3.93. The Morgan fingerprint density at radius 1 is 1.38 bits per heavy atom. The summed E-state index contributed by atoms with van der Waals surface area (Å²) in [5, 5.41) is 7.81. The molecule has 0 radical (unpaired) electrons. The molecule has 2 aromatic heterocycles. The second-order valence-electron chi connectivity index (χ2n) is 6.49. The van der Waals surface area contributed by atoms with Gasteiger partial charge in [0.1, 0.15) is 5.92 Å². The highest BCUT2D eigenvalue weighted by molar-refractivity contribution is 7.16. The molecule has 1 amide bonds. The Morgan fingerprint density at radius 3 is 2.81 bits per heavy atom. The number of anilines is 1. The first kappa shape index (κ1) is 18.6. The van der Waals surface area contributed by atoms with E-state index in [1.54, 1.807) is 6.92 Å². The molecule has 0 fully saturated rings. The Labute approximate surface area is 156 Å². The first-order valence-corrected chi connectivity index (χ1v) is 9.67. The SMILES string of the molecule is CCOC(=O)C1CCc2sc(NC(=O)CCc3c(C)nn(C)c3C)nc21. The predicted molar refractivity (Wildman–Crippen MR) is 99.4 cm³/mol. The van der Waals surface area contributed by atoms with Gasteiger partial charge in [0.05, 0.1) is 18.0 Å². The van der Waals surface area contributed by atoms with E-state index in [-0.39, 0.29) is 17.8 Å². The van der Waals surface area contributed by atoms with Gasteiger partial charge in [-0.15, -0.1) is 11.3 Å². The van der Waals surface area contributed by atoms with Crippen LogP contribution in [0.2, 0.25) is 0 Å². The number of esters is 1. The summed E-state index contributed by atoms with van der Waals surface area (Å²) in [6.45, 7) is 6.13. The van der Waals surface area contributed by atoms with E-state index in [2.05, 4.69) is 15.4 Å². The number of hydrogen-bond acceptors (Lipinski definition) is 6. The van der Waals surface area contributed by atoms with Crippen molar-refractivity contribution in [2.45, 2.75) is 52.4 Å². The molecule has 7 nitrogen and oxygen atoms in total. The molecule has 2 heterocycles. The highest BCUT2D eigenvalue weighted by Crippen LogP contribution is 2.39. The maximum absolute atomic E-state index is 12.3. The number of rotatable bonds is 6. The second kappa shape index (κ2) is 7.57. The van der Waals surface area contributed by atoms with Crippen LogP contribution < -0.4 is 5.32 Å². The van der Waals surface area contributed by atoms with E-state index in [1.165, 1.54) is 11.3 Å². The van der Waals surface area contributed by atoms with E-state index in [0.717, 1.165) is 40.4 Å². The monoisotopic (exact) mass is 376 g/mol. The van der Waals surface area contributed by atoms with Gasteiger partial charge in [0, 0.05) is 24.0 Å². The van der Waals surface area contributed by atoms with Crippen LogP contribution in [0, 0.1) is 13.8 Å². The zero-order chi connectivity index (χ0) is 18.8. The smallest absolute Gasteiger partial charge is 0.315 e. The zero-order valence-electron chi connectivity index (χ0n) is 15.6. The third-order valence-electron chi connectivity index (χ3n) is 4.80. The van der Waals surface area contributed by atoms with Gasteiger partial charge in [0.2, 0.25) is 5.91 Å². The fourth-order valence-corrected chi connectivity index (χ4v) is 4.41. The number of aryl methyl sites for hydroxylation is 3. The molecule has 0 bridgehead atoms. The van der Waals surface area contributed by atoms with E-state index < -0.39 is 0 Å². The van der Waals surface area contributed by atoms with Gasteiger partial charge in [-0.05, 0) is 45.6 Å². The number of carbonyl (C=O) groups is 2. The molecule has 1 aliphatic carbocycles. The molecule has 3 rings (SSSR count). The van der Waals surface area contributed by atoms with Crippen LogP contribution in [-0.2, 0) is 34.2 Å². The van der Waals surface area contributed by atoms with Crippen LogP contribution >= 0.6 is 11.3 Å². The second-order valence-corrected chi connectivity index (χ2v) is 7.58. The summed E-state index contributed by atoms with van der Waals surface area (Å²) in [4.78, 5) is 29.9. The summed E-state index contributed by atoms with van der Waals surface area (Å²) in [7, 11) is 1.91. The summed E-state index contributed by atoms with van der Waals surface area (Å²) < 4.78 is 6.95. The molecule has 1 atom stereocenters. The summed E-state index contributed by atoms with van der Waals surface area (Å²) in [6.07, 6.45) is 2.56. The average Bonchev–Trinajstić information content (AvgIpc) is 3.20. The number of thiazole rings is 1. The summed E-state index contributed by atoms with van der Waals surface area (Å²) in [6, 6.07) is 0. The number of nitrogens with zero attached hydrogens (tertiary/aromatic N) is 3. The van der Waals surface area contributed by atoms with Crippen LogP contribution in [0.1, 0.15) is 53.2 Å². The van der Waals surface area contributed by atoms with Crippen molar-refractivity contribution >= 4 is 28.3 Å². The Kier molecular flexibility index (Phi) is 5.41.